The van der Waals surface area contributed by atoms with Gasteiger partial charge in [-0.25, -0.2) is 0 Å². The van der Waals surface area contributed by atoms with Crippen LogP contribution in [0.3, 0.4) is 0 Å². The van der Waals surface area contributed by atoms with Gasteiger partial charge in [0, 0.05) is 11.5 Å². The average Bonchev–Trinajstić information content (AvgIpc) is 2.52. The molecule has 22 heavy (non-hydrogen) atoms. The number of carbonyl (C=O) groups excluding carboxylic acids is 1. The monoisotopic (exact) mass is 294 g/mol. The van der Waals surface area contributed by atoms with Crippen molar-refractivity contribution in [2.75, 3.05) is 0 Å². The number of hydrogen-bond donors (Lipinski definition) is 1. The highest BCUT2D eigenvalue weighted by Gasteiger charge is 2.47. The molecule has 3 rings (SSSR count). The number of carbonyl (C=O) groups is 2. The van der Waals surface area contributed by atoms with Gasteiger partial charge in [-0.3, -0.25) is 9.59 Å². The first-order valence-corrected chi connectivity index (χ1v) is 7.50. The number of Topliss-reactive ketones (excluding diaryl/α,β-unsaturated/α-hetero) is 1. The Kier molecular flexibility index (Phi) is 3.80. The Morgan fingerprint density at radius 2 is 1.55 bits per heavy atom. The van der Waals surface area contributed by atoms with E-state index in [2.05, 4.69) is 0 Å². The second-order valence-corrected chi connectivity index (χ2v) is 5.99. The fourth-order valence-corrected chi connectivity index (χ4v) is 3.25. The number of benzene rings is 2. The van der Waals surface area contributed by atoms with Crippen molar-refractivity contribution in [2.24, 2.45) is 17.8 Å². The zero-order chi connectivity index (χ0) is 15.7. The molecule has 0 spiro atoms. The van der Waals surface area contributed by atoms with Crippen molar-refractivity contribution in [1.82, 2.24) is 0 Å². The molecule has 0 aromatic heterocycles. The number of rotatable bonds is 4. The molecule has 3 nitrogen and oxygen atoms in total. The lowest BCUT2D eigenvalue weighted by atomic mass is 9.63. The number of ketones is 1. The van der Waals surface area contributed by atoms with Crippen LogP contribution in [0, 0.1) is 17.8 Å². The maximum atomic E-state index is 12.5. The highest BCUT2D eigenvalue weighted by Crippen LogP contribution is 2.42. The van der Waals surface area contributed by atoms with Gasteiger partial charge in [0.15, 0.2) is 5.78 Å². The quantitative estimate of drug-likeness (QED) is 0.870. The topological polar surface area (TPSA) is 54.4 Å². The van der Waals surface area contributed by atoms with Gasteiger partial charge in [-0.15, -0.1) is 0 Å². The third-order valence-electron chi connectivity index (χ3n) is 4.57. The van der Waals surface area contributed by atoms with Crippen LogP contribution in [-0.2, 0) is 4.79 Å². The summed E-state index contributed by atoms with van der Waals surface area (Å²) >= 11 is 0. The fourth-order valence-electron chi connectivity index (χ4n) is 3.25. The molecular formula is C19H18O3. The molecule has 1 N–H and O–H groups in total. The van der Waals surface area contributed by atoms with Gasteiger partial charge in [-0.05, 0) is 23.5 Å². The number of hydrogen-bond acceptors (Lipinski definition) is 2. The smallest absolute Gasteiger partial charge is 0.307 e. The Hall–Kier alpha value is -2.42. The SMILES string of the molecule is CC1CC(C(=O)c2ccc(-c3ccccc3)cc2)C1C(=O)O. The molecule has 3 unspecified atom stereocenters. The van der Waals surface area contributed by atoms with Crippen LogP contribution < -0.4 is 0 Å². The number of carboxylic acids is 1. The summed E-state index contributed by atoms with van der Waals surface area (Å²) in [6.45, 7) is 1.89. The van der Waals surface area contributed by atoms with E-state index in [4.69, 9.17) is 0 Å². The van der Waals surface area contributed by atoms with E-state index >= 15 is 0 Å². The predicted octanol–water partition coefficient (Wildman–Crippen LogP) is 3.89. The summed E-state index contributed by atoms with van der Waals surface area (Å²) in [5.41, 5.74) is 2.75. The zero-order valence-corrected chi connectivity index (χ0v) is 12.4. The first-order chi connectivity index (χ1) is 10.6. The minimum Gasteiger partial charge on any atom is -0.481 e. The summed E-state index contributed by atoms with van der Waals surface area (Å²) in [5, 5.41) is 9.21. The van der Waals surface area contributed by atoms with Crippen molar-refractivity contribution >= 4 is 11.8 Å². The first kappa shape index (κ1) is 14.5. The van der Waals surface area contributed by atoms with Crippen molar-refractivity contribution in [3.8, 4) is 11.1 Å². The Morgan fingerprint density at radius 3 is 2.09 bits per heavy atom. The second-order valence-electron chi connectivity index (χ2n) is 5.99. The highest BCUT2D eigenvalue weighted by atomic mass is 16.4. The lowest BCUT2D eigenvalue weighted by Crippen LogP contribution is -2.44. The van der Waals surface area contributed by atoms with Gasteiger partial charge in [-0.2, -0.15) is 0 Å². The molecule has 0 bridgehead atoms. The van der Waals surface area contributed by atoms with E-state index in [1.165, 1.54) is 0 Å². The third kappa shape index (κ3) is 2.54. The van der Waals surface area contributed by atoms with Crippen LogP contribution in [0.5, 0.6) is 0 Å². The molecule has 0 aliphatic heterocycles. The number of carboxylic acid groups (broad SMARTS) is 1. The van der Waals surface area contributed by atoms with Gasteiger partial charge in [-0.1, -0.05) is 61.5 Å². The van der Waals surface area contributed by atoms with Crippen LogP contribution in [0.15, 0.2) is 54.6 Å². The molecule has 3 heteroatoms. The highest BCUT2D eigenvalue weighted by molar-refractivity contribution is 6.01. The molecule has 1 fully saturated rings. The van der Waals surface area contributed by atoms with E-state index < -0.39 is 11.9 Å². The summed E-state index contributed by atoms with van der Waals surface area (Å²) in [4.78, 5) is 23.7. The molecule has 112 valence electrons. The summed E-state index contributed by atoms with van der Waals surface area (Å²) in [7, 11) is 0. The Balaban J connectivity index is 1.79. The molecule has 2 aromatic carbocycles. The van der Waals surface area contributed by atoms with Crippen LogP contribution in [-0.4, -0.2) is 16.9 Å². The van der Waals surface area contributed by atoms with Crippen LogP contribution >= 0.6 is 0 Å². The van der Waals surface area contributed by atoms with E-state index in [-0.39, 0.29) is 17.6 Å². The second kappa shape index (κ2) is 5.76. The van der Waals surface area contributed by atoms with E-state index in [9.17, 15) is 14.7 Å². The van der Waals surface area contributed by atoms with E-state index in [0.29, 0.717) is 12.0 Å². The summed E-state index contributed by atoms with van der Waals surface area (Å²) in [6.07, 6.45) is 0.663. The van der Waals surface area contributed by atoms with Crippen molar-refractivity contribution in [1.29, 1.82) is 0 Å². The molecule has 0 heterocycles. The maximum absolute atomic E-state index is 12.5. The van der Waals surface area contributed by atoms with Crippen molar-refractivity contribution in [2.45, 2.75) is 13.3 Å². The van der Waals surface area contributed by atoms with Gasteiger partial charge < -0.3 is 5.11 Å². The summed E-state index contributed by atoms with van der Waals surface area (Å²) in [5.74, 6) is -1.76. The molecule has 1 saturated carbocycles. The van der Waals surface area contributed by atoms with Crippen LogP contribution in [0.1, 0.15) is 23.7 Å². The molecule has 0 radical (unpaired) electrons. The van der Waals surface area contributed by atoms with E-state index in [1.807, 2.05) is 49.4 Å². The summed E-state index contributed by atoms with van der Waals surface area (Å²) < 4.78 is 0. The minimum absolute atomic E-state index is 0.0508. The summed E-state index contributed by atoms with van der Waals surface area (Å²) in [6, 6.07) is 17.4. The molecule has 1 aliphatic carbocycles. The lowest BCUT2D eigenvalue weighted by molar-refractivity contribution is -0.150. The molecule has 2 aromatic rings. The molecule has 1 aliphatic rings. The standard InChI is InChI=1S/C19H18O3/c1-12-11-16(17(12)19(21)22)18(20)15-9-7-14(8-10-15)13-5-3-2-4-6-13/h2-10,12,16-17H,11H2,1H3,(H,21,22). The Morgan fingerprint density at radius 1 is 0.955 bits per heavy atom. The molecule has 3 atom stereocenters. The fraction of sp³-hybridized carbons (Fsp3) is 0.263. The van der Waals surface area contributed by atoms with Crippen molar-refractivity contribution in [3.63, 3.8) is 0 Å². The molecule has 0 amide bonds. The average molecular weight is 294 g/mol. The Labute approximate surface area is 129 Å². The third-order valence-corrected chi connectivity index (χ3v) is 4.57. The van der Waals surface area contributed by atoms with E-state index in [0.717, 1.165) is 11.1 Å². The van der Waals surface area contributed by atoms with Crippen LogP contribution in [0.25, 0.3) is 11.1 Å². The largest absolute Gasteiger partial charge is 0.481 e. The normalized spacial score (nSPS) is 23.6. The molecular weight excluding hydrogens is 276 g/mol. The predicted molar refractivity (Wildman–Crippen MR) is 84.6 cm³/mol. The van der Waals surface area contributed by atoms with Gasteiger partial charge in [0.1, 0.15) is 0 Å². The number of aliphatic carboxylic acids is 1. The first-order valence-electron chi connectivity index (χ1n) is 7.50. The molecule has 0 saturated heterocycles. The lowest BCUT2D eigenvalue weighted by Gasteiger charge is -2.38. The minimum atomic E-state index is -0.863. The van der Waals surface area contributed by atoms with Gasteiger partial charge in [0.05, 0.1) is 5.92 Å². The Bertz CT molecular complexity index is 688. The van der Waals surface area contributed by atoms with Gasteiger partial charge >= 0.3 is 5.97 Å². The zero-order valence-electron chi connectivity index (χ0n) is 12.4. The van der Waals surface area contributed by atoms with Crippen LogP contribution in [0.2, 0.25) is 0 Å². The van der Waals surface area contributed by atoms with Gasteiger partial charge in [0.25, 0.3) is 0 Å². The van der Waals surface area contributed by atoms with Gasteiger partial charge in [0.2, 0.25) is 0 Å². The maximum Gasteiger partial charge on any atom is 0.307 e. The van der Waals surface area contributed by atoms with Crippen molar-refractivity contribution < 1.29 is 14.7 Å². The van der Waals surface area contributed by atoms with E-state index in [1.54, 1.807) is 12.1 Å². The van der Waals surface area contributed by atoms with Crippen molar-refractivity contribution in [3.05, 3.63) is 60.2 Å². The van der Waals surface area contributed by atoms with Crippen LogP contribution in [0.4, 0.5) is 0 Å².